The van der Waals surface area contributed by atoms with Gasteiger partial charge in [-0.15, -0.1) is 0 Å². The Morgan fingerprint density at radius 2 is 0.800 bits per heavy atom. The van der Waals surface area contributed by atoms with Crippen LogP contribution in [-0.2, 0) is 0 Å². The zero-order chi connectivity index (χ0) is 36.6. The van der Waals surface area contributed by atoms with Crippen molar-refractivity contribution in [2.24, 2.45) is 0 Å². The van der Waals surface area contributed by atoms with E-state index in [0.29, 0.717) is 5.82 Å². The van der Waals surface area contributed by atoms with E-state index in [0.717, 1.165) is 89.1 Å². The van der Waals surface area contributed by atoms with E-state index < -0.39 is 0 Å². The Balaban J connectivity index is 1.27. The summed E-state index contributed by atoms with van der Waals surface area (Å²) in [5.41, 5.74) is 14.4. The molecule has 0 aliphatic carbocycles. The van der Waals surface area contributed by atoms with Crippen LogP contribution in [0.5, 0.6) is 0 Å². The van der Waals surface area contributed by atoms with Gasteiger partial charge in [0.1, 0.15) is 5.69 Å². The van der Waals surface area contributed by atoms with Crippen molar-refractivity contribution < 1.29 is 0 Å². The number of hydrogen-bond donors (Lipinski definition) is 0. The van der Waals surface area contributed by atoms with Crippen LogP contribution < -0.4 is 0 Å². The molecule has 0 saturated carbocycles. The third kappa shape index (κ3) is 5.87. The third-order valence-electron chi connectivity index (χ3n) is 10.2. The summed E-state index contributed by atoms with van der Waals surface area (Å²) in [4.78, 5) is 10.2. The second-order valence-corrected chi connectivity index (χ2v) is 13.6. The first-order valence-corrected chi connectivity index (χ1v) is 18.5. The van der Waals surface area contributed by atoms with Crippen LogP contribution in [0.25, 0.3) is 95.0 Å². The minimum absolute atomic E-state index is 0.692. The van der Waals surface area contributed by atoms with Gasteiger partial charge >= 0.3 is 0 Å². The highest BCUT2D eigenvalue weighted by molar-refractivity contribution is 6.15. The smallest absolute Gasteiger partial charge is 0.160 e. The van der Waals surface area contributed by atoms with Gasteiger partial charge < -0.3 is 0 Å². The van der Waals surface area contributed by atoms with Crippen molar-refractivity contribution in [2.45, 2.75) is 0 Å². The average molecular weight is 703 g/mol. The topological polar surface area (TPSA) is 43.1 Å². The van der Waals surface area contributed by atoms with Crippen molar-refractivity contribution in [1.29, 1.82) is 0 Å². The molecule has 0 fully saturated rings. The predicted octanol–water partition coefficient (Wildman–Crippen LogP) is 12.9. The first-order chi connectivity index (χ1) is 27.3. The Morgan fingerprint density at radius 3 is 1.44 bits per heavy atom. The van der Waals surface area contributed by atoms with E-state index in [9.17, 15) is 0 Å². The lowest BCUT2D eigenvalue weighted by Crippen LogP contribution is -2.00. The van der Waals surface area contributed by atoms with Crippen LogP contribution in [0.2, 0.25) is 0 Å². The zero-order valence-corrected chi connectivity index (χ0v) is 29.9. The van der Waals surface area contributed by atoms with Crippen molar-refractivity contribution in [2.75, 3.05) is 0 Å². The number of aromatic nitrogens is 4. The van der Waals surface area contributed by atoms with Crippen LogP contribution in [0.1, 0.15) is 0 Å². The minimum atomic E-state index is 0.692. The van der Waals surface area contributed by atoms with Gasteiger partial charge in [-0.05, 0) is 28.6 Å². The lowest BCUT2D eigenvalue weighted by molar-refractivity contribution is 0.981. The Morgan fingerprint density at radius 1 is 0.327 bits per heavy atom. The first kappa shape index (κ1) is 32.2. The van der Waals surface area contributed by atoms with Gasteiger partial charge in [-0.25, -0.2) is 14.5 Å². The SMILES string of the molecule is c1ccc(-c2cc(-c3cccc(-c4c(-c5ccccc5)n5nc(-c6ccccc6)c(-c6ccccc6)c5c5ccccc45)c3)nc(-c3ccccc3)n2)cc1. The van der Waals surface area contributed by atoms with Gasteiger partial charge in [-0.1, -0.05) is 194 Å². The zero-order valence-electron chi connectivity index (χ0n) is 29.9. The Hall–Kier alpha value is -7.43. The molecule has 4 heteroatoms. The normalized spacial score (nSPS) is 11.3. The average Bonchev–Trinajstić information content (AvgIpc) is 3.68. The highest BCUT2D eigenvalue weighted by Gasteiger charge is 2.25. The van der Waals surface area contributed by atoms with Crippen molar-refractivity contribution in [3.05, 3.63) is 206 Å². The lowest BCUT2D eigenvalue weighted by Gasteiger charge is -2.18. The molecule has 0 aliphatic rings. The fourth-order valence-corrected chi connectivity index (χ4v) is 7.70. The third-order valence-corrected chi connectivity index (χ3v) is 10.2. The number of rotatable bonds is 7. The van der Waals surface area contributed by atoms with E-state index in [1.807, 2.05) is 36.4 Å². The van der Waals surface area contributed by atoms with Crippen LogP contribution in [0.3, 0.4) is 0 Å². The highest BCUT2D eigenvalue weighted by Crippen LogP contribution is 2.46. The fourth-order valence-electron chi connectivity index (χ4n) is 7.70. The molecular weight excluding hydrogens is 669 g/mol. The maximum atomic E-state index is 5.54. The van der Waals surface area contributed by atoms with E-state index in [2.05, 4.69) is 174 Å². The molecule has 258 valence electrons. The molecule has 0 aliphatic heterocycles. The number of pyridine rings is 1. The van der Waals surface area contributed by atoms with Crippen LogP contribution in [0.15, 0.2) is 206 Å². The van der Waals surface area contributed by atoms with Gasteiger partial charge in [-0.2, -0.15) is 5.10 Å². The van der Waals surface area contributed by atoms with Gasteiger partial charge in [0.2, 0.25) is 0 Å². The second kappa shape index (κ2) is 13.8. The van der Waals surface area contributed by atoms with Crippen LogP contribution in [-0.4, -0.2) is 19.6 Å². The van der Waals surface area contributed by atoms with Crippen LogP contribution in [0.4, 0.5) is 0 Å². The molecule has 0 saturated heterocycles. The van der Waals surface area contributed by atoms with E-state index in [1.165, 1.54) is 0 Å². The van der Waals surface area contributed by atoms with Crippen LogP contribution in [0, 0.1) is 0 Å². The summed E-state index contributed by atoms with van der Waals surface area (Å²) in [7, 11) is 0. The molecule has 0 amide bonds. The second-order valence-electron chi connectivity index (χ2n) is 13.6. The Bertz CT molecular complexity index is 2880. The number of hydrogen-bond acceptors (Lipinski definition) is 3. The van der Waals surface area contributed by atoms with E-state index in [4.69, 9.17) is 15.1 Å². The number of benzene rings is 7. The van der Waals surface area contributed by atoms with Gasteiger partial charge in [0, 0.05) is 44.3 Å². The summed E-state index contributed by atoms with van der Waals surface area (Å²) < 4.78 is 2.19. The molecule has 3 aromatic heterocycles. The van der Waals surface area contributed by atoms with E-state index in [-0.39, 0.29) is 0 Å². The summed E-state index contributed by atoms with van der Waals surface area (Å²) in [6.45, 7) is 0. The maximum Gasteiger partial charge on any atom is 0.160 e. The standard InChI is InChI=1S/C51H34N4/c1-6-19-35(20-7-1)44-34-45(53-51(52-44)39-27-14-5-15-28-39)40-29-18-30-41(33-40)46-42-31-16-17-32-43(42)50-47(36-21-8-2-9-22-36)48(37-23-10-3-11-24-37)54-55(50)49(46)38-25-12-4-13-26-38/h1-34H. The van der Waals surface area contributed by atoms with E-state index >= 15 is 0 Å². The summed E-state index contributed by atoms with van der Waals surface area (Å²) in [6, 6.07) is 72.0. The molecule has 0 spiro atoms. The maximum absolute atomic E-state index is 5.54. The number of nitrogens with zero attached hydrogens (tertiary/aromatic N) is 4. The molecule has 10 rings (SSSR count). The molecule has 0 unspecified atom stereocenters. The largest absolute Gasteiger partial charge is 0.231 e. The number of fused-ring (bicyclic) bond motifs is 3. The minimum Gasteiger partial charge on any atom is -0.231 e. The van der Waals surface area contributed by atoms with Gasteiger partial charge in [0.15, 0.2) is 5.82 Å². The van der Waals surface area contributed by atoms with Gasteiger partial charge in [-0.3, -0.25) is 0 Å². The Kier molecular flexibility index (Phi) is 8.12. The monoisotopic (exact) mass is 702 g/mol. The summed E-state index contributed by atoms with van der Waals surface area (Å²) in [6.07, 6.45) is 0. The molecule has 0 N–H and O–H groups in total. The van der Waals surface area contributed by atoms with Crippen LogP contribution >= 0.6 is 0 Å². The molecule has 0 atom stereocenters. The lowest BCUT2D eigenvalue weighted by atomic mass is 9.90. The quantitative estimate of drug-likeness (QED) is 0.166. The molecule has 7 aromatic carbocycles. The molecule has 0 bridgehead atoms. The van der Waals surface area contributed by atoms with Gasteiger partial charge in [0.05, 0.1) is 22.6 Å². The summed E-state index contributed by atoms with van der Waals surface area (Å²) in [5.74, 6) is 0.692. The molecule has 3 heterocycles. The molecule has 55 heavy (non-hydrogen) atoms. The molecular formula is C51H34N4. The summed E-state index contributed by atoms with van der Waals surface area (Å²) >= 11 is 0. The predicted molar refractivity (Wildman–Crippen MR) is 226 cm³/mol. The van der Waals surface area contributed by atoms with Crippen molar-refractivity contribution in [3.8, 4) is 78.7 Å². The molecule has 4 nitrogen and oxygen atoms in total. The summed E-state index contributed by atoms with van der Waals surface area (Å²) in [5, 5.41) is 7.83. The highest BCUT2D eigenvalue weighted by atomic mass is 15.2. The van der Waals surface area contributed by atoms with Gasteiger partial charge in [0.25, 0.3) is 0 Å². The fraction of sp³-hybridized carbons (Fsp3) is 0. The van der Waals surface area contributed by atoms with Crippen molar-refractivity contribution in [1.82, 2.24) is 19.6 Å². The first-order valence-electron chi connectivity index (χ1n) is 18.5. The molecule has 0 radical (unpaired) electrons. The van der Waals surface area contributed by atoms with E-state index in [1.54, 1.807) is 0 Å². The van der Waals surface area contributed by atoms with Crippen molar-refractivity contribution in [3.63, 3.8) is 0 Å². The molecule has 10 aromatic rings. The Labute approximate surface area is 319 Å². The van der Waals surface area contributed by atoms with Crippen molar-refractivity contribution >= 4 is 16.3 Å².